The maximum atomic E-state index is 12.2. The predicted octanol–water partition coefficient (Wildman–Crippen LogP) is 0.456. The van der Waals surface area contributed by atoms with E-state index in [2.05, 4.69) is 16.0 Å². The van der Waals surface area contributed by atoms with Crippen LogP contribution in [0, 0.1) is 0 Å². The molecule has 0 saturated heterocycles. The summed E-state index contributed by atoms with van der Waals surface area (Å²) in [6, 6.07) is -0.450. The molecule has 2 rings (SSSR count). The smallest absolute Gasteiger partial charge is 0.315 e. The molecule has 1 heterocycles. The van der Waals surface area contributed by atoms with E-state index >= 15 is 0 Å². The van der Waals surface area contributed by atoms with Crippen molar-refractivity contribution in [2.45, 2.75) is 62.8 Å². The van der Waals surface area contributed by atoms with Crippen molar-refractivity contribution in [2.24, 2.45) is 0 Å². The second-order valence-electron chi connectivity index (χ2n) is 6.81. The van der Waals surface area contributed by atoms with Gasteiger partial charge < -0.3 is 30.5 Å². The van der Waals surface area contributed by atoms with Crippen molar-refractivity contribution in [1.82, 2.24) is 16.0 Å². The molecule has 0 bridgehead atoms. The first kappa shape index (κ1) is 20.7. The Hall–Kier alpha value is -1.64. The summed E-state index contributed by atoms with van der Waals surface area (Å²) in [6.45, 7) is 0.662. The van der Waals surface area contributed by atoms with Crippen LogP contribution in [0.2, 0.25) is 0 Å². The lowest BCUT2D eigenvalue weighted by Gasteiger charge is -2.32. The summed E-state index contributed by atoms with van der Waals surface area (Å²) >= 11 is 0. The number of nitrogens with one attached hydrogen (secondary N) is 3. The molecule has 0 unspecified atom stereocenters. The molecule has 1 saturated carbocycles. The second-order valence-corrected chi connectivity index (χ2v) is 6.81. The van der Waals surface area contributed by atoms with Crippen molar-refractivity contribution in [3.05, 3.63) is 12.2 Å². The largest absolute Gasteiger partial charge is 0.394 e. The first-order chi connectivity index (χ1) is 12.6. The summed E-state index contributed by atoms with van der Waals surface area (Å²) in [7, 11) is 1.57. The highest BCUT2D eigenvalue weighted by atomic mass is 16.5. The third-order valence-corrected chi connectivity index (χ3v) is 4.72. The van der Waals surface area contributed by atoms with E-state index in [0.717, 1.165) is 25.7 Å². The quantitative estimate of drug-likeness (QED) is 0.367. The van der Waals surface area contributed by atoms with Crippen LogP contribution in [0.1, 0.15) is 38.5 Å². The van der Waals surface area contributed by atoms with E-state index in [1.165, 1.54) is 6.42 Å². The van der Waals surface area contributed by atoms with E-state index < -0.39 is 18.2 Å². The van der Waals surface area contributed by atoms with Crippen LogP contribution in [0.25, 0.3) is 0 Å². The molecule has 4 N–H and O–H groups in total. The van der Waals surface area contributed by atoms with Crippen LogP contribution in [0.15, 0.2) is 12.2 Å². The Balaban J connectivity index is 1.78. The van der Waals surface area contributed by atoms with Gasteiger partial charge >= 0.3 is 6.03 Å². The van der Waals surface area contributed by atoms with Crippen LogP contribution in [0.5, 0.6) is 0 Å². The first-order valence-electron chi connectivity index (χ1n) is 9.39. The second kappa shape index (κ2) is 11.2. The van der Waals surface area contributed by atoms with Crippen LogP contribution in [-0.4, -0.2) is 68.2 Å². The highest BCUT2D eigenvalue weighted by Crippen LogP contribution is 2.18. The number of aliphatic hydroxyl groups is 1. The van der Waals surface area contributed by atoms with Gasteiger partial charge in [0.15, 0.2) is 0 Å². The van der Waals surface area contributed by atoms with E-state index in [9.17, 15) is 14.7 Å². The van der Waals surface area contributed by atoms with Gasteiger partial charge in [-0.25, -0.2) is 4.79 Å². The van der Waals surface area contributed by atoms with Gasteiger partial charge in [-0.2, -0.15) is 0 Å². The van der Waals surface area contributed by atoms with Gasteiger partial charge in [-0.05, 0) is 12.8 Å². The van der Waals surface area contributed by atoms with Crippen molar-refractivity contribution < 1.29 is 24.2 Å². The number of amides is 3. The van der Waals surface area contributed by atoms with Gasteiger partial charge in [-0.15, -0.1) is 0 Å². The molecule has 1 aliphatic carbocycles. The number of urea groups is 1. The normalized spacial score (nSPS) is 26.3. The Labute approximate surface area is 154 Å². The Morgan fingerprint density at radius 1 is 1.19 bits per heavy atom. The lowest BCUT2D eigenvalue weighted by Crippen LogP contribution is -2.53. The van der Waals surface area contributed by atoms with Crippen molar-refractivity contribution in [3.63, 3.8) is 0 Å². The third kappa shape index (κ3) is 6.93. The predicted molar refractivity (Wildman–Crippen MR) is 96.7 cm³/mol. The Kier molecular flexibility index (Phi) is 8.87. The molecule has 148 valence electrons. The van der Waals surface area contributed by atoms with Crippen molar-refractivity contribution in [3.8, 4) is 0 Å². The fourth-order valence-electron chi connectivity index (χ4n) is 3.31. The Bertz CT molecular complexity index is 479. The average molecular weight is 369 g/mol. The number of ether oxygens (including phenoxy) is 2. The van der Waals surface area contributed by atoms with Crippen LogP contribution in [0.4, 0.5) is 4.79 Å². The molecule has 0 aromatic carbocycles. The highest BCUT2D eigenvalue weighted by Gasteiger charge is 2.29. The maximum Gasteiger partial charge on any atom is 0.315 e. The van der Waals surface area contributed by atoms with Crippen LogP contribution in [0.3, 0.4) is 0 Å². The molecular weight excluding hydrogens is 338 g/mol. The van der Waals surface area contributed by atoms with Gasteiger partial charge in [-0.3, -0.25) is 4.79 Å². The molecule has 2 aliphatic rings. The summed E-state index contributed by atoms with van der Waals surface area (Å²) in [4.78, 5) is 24.0. The third-order valence-electron chi connectivity index (χ3n) is 4.72. The van der Waals surface area contributed by atoms with E-state index in [1.807, 2.05) is 0 Å². The number of rotatable bonds is 8. The minimum atomic E-state index is -0.575. The van der Waals surface area contributed by atoms with E-state index in [4.69, 9.17) is 9.47 Å². The number of carbonyl (C=O) groups is 2. The topological polar surface area (TPSA) is 109 Å². The molecule has 3 atom stereocenters. The van der Waals surface area contributed by atoms with E-state index in [-0.39, 0.29) is 31.0 Å². The fourth-order valence-corrected chi connectivity index (χ4v) is 3.31. The summed E-state index contributed by atoms with van der Waals surface area (Å²) < 4.78 is 10.6. The Morgan fingerprint density at radius 2 is 1.96 bits per heavy atom. The Morgan fingerprint density at radius 3 is 2.65 bits per heavy atom. The molecule has 26 heavy (non-hydrogen) atoms. The minimum absolute atomic E-state index is 0.144. The maximum absolute atomic E-state index is 12.2. The molecule has 8 nitrogen and oxygen atoms in total. The monoisotopic (exact) mass is 369 g/mol. The van der Waals surface area contributed by atoms with Crippen molar-refractivity contribution in [2.75, 3.05) is 26.9 Å². The molecule has 0 aromatic heterocycles. The molecule has 1 fully saturated rings. The average Bonchev–Trinajstić information content (AvgIpc) is 2.64. The first-order valence-corrected chi connectivity index (χ1v) is 9.39. The van der Waals surface area contributed by atoms with Crippen molar-refractivity contribution >= 4 is 11.9 Å². The van der Waals surface area contributed by atoms with E-state index in [1.54, 1.807) is 19.3 Å². The lowest BCUT2D eigenvalue weighted by molar-refractivity contribution is -0.125. The standard InChI is InChI=1S/C18H31N3O5/c1-25-10-9-19-17(23)11-14-7-8-15(16(12-22)26-14)21-18(24)20-13-5-3-2-4-6-13/h7-8,13-16,22H,2-6,9-12H2,1H3,(H,19,23)(H2,20,21,24)/t14-,15+,16+/m0/s1. The lowest BCUT2D eigenvalue weighted by atomic mass is 9.96. The van der Waals surface area contributed by atoms with Crippen LogP contribution < -0.4 is 16.0 Å². The number of aliphatic hydroxyl groups excluding tert-OH is 1. The number of hydrogen-bond donors (Lipinski definition) is 4. The number of methoxy groups -OCH3 is 1. The molecule has 1 aliphatic heterocycles. The number of carbonyl (C=O) groups excluding carboxylic acids is 2. The van der Waals surface area contributed by atoms with Gasteiger partial charge in [0.2, 0.25) is 5.91 Å². The van der Waals surface area contributed by atoms with Crippen molar-refractivity contribution in [1.29, 1.82) is 0 Å². The van der Waals surface area contributed by atoms with Gasteiger partial charge in [0.05, 0.1) is 31.8 Å². The molecule has 0 radical (unpaired) electrons. The molecule has 8 heteroatoms. The summed E-state index contributed by atoms with van der Waals surface area (Å²) in [6.07, 6.45) is 8.25. The van der Waals surface area contributed by atoms with Gasteiger partial charge in [0.1, 0.15) is 6.10 Å². The summed E-state index contributed by atoms with van der Waals surface area (Å²) in [5.41, 5.74) is 0. The highest BCUT2D eigenvalue weighted by molar-refractivity contribution is 5.77. The summed E-state index contributed by atoms with van der Waals surface area (Å²) in [5, 5.41) is 18.1. The molecule has 0 spiro atoms. The zero-order chi connectivity index (χ0) is 18.8. The fraction of sp³-hybridized carbons (Fsp3) is 0.778. The molecule has 0 aromatic rings. The van der Waals surface area contributed by atoms with Gasteiger partial charge in [0, 0.05) is 19.7 Å². The summed E-state index contributed by atoms with van der Waals surface area (Å²) in [5.74, 6) is -0.144. The van der Waals surface area contributed by atoms with Crippen LogP contribution >= 0.6 is 0 Å². The zero-order valence-corrected chi connectivity index (χ0v) is 15.4. The van der Waals surface area contributed by atoms with Crippen LogP contribution in [-0.2, 0) is 14.3 Å². The SMILES string of the molecule is COCCNC(=O)C[C@@H]1C=C[C@@H](NC(=O)NC2CCCCC2)[C@@H](CO)O1. The van der Waals surface area contributed by atoms with E-state index in [0.29, 0.717) is 13.2 Å². The minimum Gasteiger partial charge on any atom is -0.394 e. The molecular formula is C18H31N3O5. The van der Waals surface area contributed by atoms with Gasteiger partial charge in [-0.1, -0.05) is 31.4 Å². The zero-order valence-electron chi connectivity index (χ0n) is 15.4. The molecule has 3 amide bonds. The van der Waals surface area contributed by atoms with Gasteiger partial charge in [0.25, 0.3) is 0 Å². The number of hydrogen-bond acceptors (Lipinski definition) is 5.